The fourth-order valence-electron chi connectivity index (χ4n) is 6.26. The molecule has 10 nitrogen and oxygen atoms in total. The highest BCUT2D eigenvalue weighted by Crippen LogP contribution is 2.39. The number of nitrogens with zero attached hydrogens (tertiary/aromatic N) is 3. The Morgan fingerprint density at radius 1 is 1.12 bits per heavy atom. The minimum absolute atomic E-state index is 0.0157. The van der Waals surface area contributed by atoms with Gasteiger partial charge in [0.1, 0.15) is 5.82 Å². The van der Waals surface area contributed by atoms with Crippen molar-refractivity contribution in [2.24, 2.45) is 11.8 Å². The summed E-state index contributed by atoms with van der Waals surface area (Å²) in [4.78, 5) is 26.0. The summed E-state index contributed by atoms with van der Waals surface area (Å²) in [6.45, 7) is 3.52. The lowest BCUT2D eigenvalue weighted by atomic mass is 9.89. The van der Waals surface area contributed by atoms with Crippen LogP contribution in [0.1, 0.15) is 49.3 Å². The number of benzene rings is 2. The maximum Gasteiger partial charge on any atom is 0.280 e. The first-order valence-corrected chi connectivity index (χ1v) is 13.8. The van der Waals surface area contributed by atoms with E-state index in [4.69, 9.17) is 14.0 Å². The third-order valence-electron chi connectivity index (χ3n) is 8.42. The standard InChI is InChI=1S/C29H31FN4O6/c30-22-5-6-23-25(13-22)40-32-29(23)18-8-10-33(11-9-18)16-21-3-1-2-20(21)15-31-28(35)7-4-19-12-26-27(39-17-38-26)14-24(19)34(36)37/h4-7,12-14,18,20-21H,1-3,8-11,15-17H2,(H,31,35)/b7-4+/t20-,21-/m1/s1. The average Bonchev–Trinajstić information content (AvgIpc) is 3.70. The molecule has 6 rings (SSSR count). The van der Waals surface area contributed by atoms with Crippen LogP contribution < -0.4 is 14.8 Å². The molecule has 1 amide bonds. The third-order valence-corrected chi connectivity index (χ3v) is 8.42. The van der Waals surface area contributed by atoms with Crippen molar-refractivity contribution in [3.63, 3.8) is 0 Å². The van der Waals surface area contributed by atoms with Gasteiger partial charge >= 0.3 is 0 Å². The summed E-state index contributed by atoms with van der Waals surface area (Å²) in [6, 6.07) is 7.43. The summed E-state index contributed by atoms with van der Waals surface area (Å²) < 4.78 is 29.4. The molecule has 210 valence electrons. The van der Waals surface area contributed by atoms with E-state index >= 15 is 0 Å². The number of fused-ring (bicyclic) bond motifs is 2. The van der Waals surface area contributed by atoms with Crippen LogP contribution in [0, 0.1) is 27.8 Å². The molecule has 0 bridgehead atoms. The fraction of sp³-hybridized carbons (Fsp3) is 0.448. The van der Waals surface area contributed by atoms with E-state index in [1.165, 1.54) is 36.4 Å². The predicted molar refractivity (Wildman–Crippen MR) is 144 cm³/mol. The lowest BCUT2D eigenvalue weighted by molar-refractivity contribution is -0.385. The average molecular weight is 551 g/mol. The van der Waals surface area contributed by atoms with Crippen LogP contribution in [0.15, 0.2) is 40.9 Å². The molecule has 0 radical (unpaired) electrons. The Morgan fingerprint density at radius 2 is 1.90 bits per heavy atom. The van der Waals surface area contributed by atoms with Crippen molar-refractivity contribution in [1.29, 1.82) is 0 Å². The van der Waals surface area contributed by atoms with E-state index in [0.717, 1.165) is 62.8 Å². The van der Waals surface area contributed by atoms with Crippen molar-refractivity contribution >= 4 is 28.6 Å². The lowest BCUT2D eigenvalue weighted by Gasteiger charge is -2.34. The first-order chi connectivity index (χ1) is 19.4. The van der Waals surface area contributed by atoms with Gasteiger partial charge in [-0.2, -0.15) is 0 Å². The molecule has 1 saturated carbocycles. The van der Waals surface area contributed by atoms with E-state index in [1.807, 2.05) is 0 Å². The van der Waals surface area contributed by atoms with E-state index in [-0.39, 0.29) is 29.8 Å². The molecule has 0 spiro atoms. The van der Waals surface area contributed by atoms with Gasteiger partial charge in [-0.15, -0.1) is 0 Å². The minimum Gasteiger partial charge on any atom is -0.454 e. The van der Waals surface area contributed by atoms with Gasteiger partial charge in [0, 0.05) is 36.5 Å². The Kier molecular flexibility index (Phi) is 7.38. The largest absolute Gasteiger partial charge is 0.454 e. The Morgan fingerprint density at radius 3 is 2.70 bits per heavy atom. The summed E-state index contributed by atoms with van der Waals surface area (Å²) in [5.41, 5.74) is 1.57. The fourth-order valence-corrected chi connectivity index (χ4v) is 6.26. The second kappa shape index (κ2) is 11.2. The van der Waals surface area contributed by atoms with Gasteiger partial charge in [-0.05, 0) is 74.9 Å². The zero-order chi connectivity index (χ0) is 27.6. The van der Waals surface area contributed by atoms with Gasteiger partial charge in [0.2, 0.25) is 12.7 Å². The molecule has 1 saturated heterocycles. The van der Waals surface area contributed by atoms with Gasteiger partial charge in [0.25, 0.3) is 5.69 Å². The Balaban J connectivity index is 0.999. The maximum atomic E-state index is 13.5. The first-order valence-electron chi connectivity index (χ1n) is 13.8. The zero-order valence-corrected chi connectivity index (χ0v) is 22.0. The molecule has 1 aliphatic carbocycles. The zero-order valence-electron chi connectivity index (χ0n) is 22.0. The Bertz CT molecular complexity index is 1450. The van der Waals surface area contributed by atoms with Crippen LogP contribution in [0.5, 0.6) is 11.5 Å². The number of rotatable bonds is 8. The van der Waals surface area contributed by atoms with Crippen molar-refractivity contribution in [3.05, 3.63) is 63.6 Å². The quantitative estimate of drug-likeness (QED) is 0.236. The smallest absolute Gasteiger partial charge is 0.280 e. The van der Waals surface area contributed by atoms with E-state index in [0.29, 0.717) is 41.4 Å². The van der Waals surface area contributed by atoms with Crippen molar-refractivity contribution in [1.82, 2.24) is 15.4 Å². The van der Waals surface area contributed by atoms with Gasteiger partial charge in [0.15, 0.2) is 17.1 Å². The molecule has 0 unspecified atom stereocenters. The van der Waals surface area contributed by atoms with E-state index < -0.39 is 4.92 Å². The van der Waals surface area contributed by atoms with Gasteiger partial charge in [-0.25, -0.2) is 4.39 Å². The molecule has 11 heteroatoms. The molecular weight excluding hydrogens is 519 g/mol. The number of nitro groups is 1. The number of aromatic nitrogens is 1. The number of hydrogen-bond donors (Lipinski definition) is 1. The van der Waals surface area contributed by atoms with Crippen LogP contribution in [0.4, 0.5) is 10.1 Å². The molecule has 3 aromatic rings. The van der Waals surface area contributed by atoms with Gasteiger partial charge in [-0.3, -0.25) is 14.9 Å². The summed E-state index contributed by atoms with van der Waals surface area (Å²) in [6.07, 6.45) is 8.08. The highest BCUT2D eigenvalue weighted by molar-refractivity contribution is 5.92. The molecule has 1 N–H and O–H groups in total. The molecule has 2 fully saturated rings. The van der Waals surface area contributed by atoms with Gasteiger partial charge in [0.05, 0.1) is 22.2 Å². The monoisotopic (exact) mass is 550 g/mol. The lowest BCUT2D eigenvalue weighted by Crippen LogP contribution is -2.39. The maximum absolute atomic E-state index is 13.5. The Labute approximate surface area is 230 Å². The normalized spacial score (nSPS) is 21.4. The molecule has 3 heterocycles. The highest BCUT2D eigenvalue weighted by atomic mass is 19.1. The number of carbonyl (C=O) groups excluding carboxylic acids is 1. The van der Waals surface area contributed by atoms with Gasteiger partial charge < -0.3 is 24.2 Å². The molecule has 2 atom stereocenters. The number of ether oxygens (including phenoxy) is 2. The van der Waals surface area contributed by atoms with Gasteiger partial charge in [-0.1, -0.05) is 11.6 Å². The van der Waals surface area contributed by atoms with Crippen LogP contribution in [0.25, 0.3) is 17.0 Å². The molecular formula is C29H31FN4O6. The van der Waals surface area contributed by atoms with Crippen LogP contribution in [0.2, 0.25) is 0 Å². The highest BCUT2D eigenvalue weighted by Gasteiger charge is 2.32. The van der Waals surface area contributed by atoms with Crippen molar-refractivity contribution in [3.8, 4) is 11.5 Å². The number of nitro benzene ring substituents is 1. The SMILES string of the molecule is O=C(/C=C/c1cc2c(cc1[N+](=O)[O-])OCO2)NC[C@H]1CCC[C@@H]1CN1CCC(c2noc3cc(F)ccc23)CC1. The molecule has 1 aromatic heterocycles. The second-order valence-corrected chi connectivity index (χ2v) is 10.8. The summed E-state index contributed by atoms with van der Waals surface area (Å²) in [5.74, 6) is 1.35. The van der Waals surface area contributed by atoms with E-state index in [1.54, 1.807) is 6.07 Å². The third kappa shape index (κ3) is 5.51. The number of piperidine rings is 1. The number of hydrogen-bond acceptors (Lipinski definition) is 8. The summed E-state index contributed by atoms with van der Waals surface area (Å²) >= 11 is 0. The second-order valence-electron chi connectivity index (χ2n) is 10.8. The number of amides is 1. The first kappa shape index (κ1) is 26.2. The topological polar surface area (TPSA) is 120 Å². The Hall–Kier alpha value is -3.99. The molecule has 40 heavy (non-hydrogen) atoms. The van der Waals surface area contributed by atoms with E-state index in [9.17, 15) is 19.3 Å². The molecule has 3 aliphatic rings. The number of likely N-dealkylation sites (tertiary alicyclic amines) is 1. The number of halogens is 1. The van der Waals surface area contributed by atoms with Crippen molar-refractivity contribution < 1.29 is 28.1 Å². The van der Waals surface area contributed by atoms with E-state index in [2.05, 4.69) is 15.4 Å². The van der Waals surface area contributed by atoms with Crippen LogP contribution in [-0.2, 0) is 4.79 Å². The number of carbonyl (C=O) groups is 1. The molecule has 2 aliphatic heterocycles. The summed E-state index contributed by atoms with van der Waals surface area (Å²) in [5, 5.41) is 19.6. The summed E-state index contributed by atoms with van der Waals surface area (Å²) in [7, 11) is 0. The number of nitrogens with one attached hydrogen (secondary N) is 1. The van der Waals surface area contributed by atoms with Crippen molar-refractivity contribution in [2.45, 2.75) is 38.0 Å². The van der Waals surface area contributed by atoms with Crippen molar-refractivity contribution in [2.75, 3.05) is 33.0 Å². The molecule has 2 aromatic carbocycles. The van der Waals surface area contributed by atoms with Crippen LogP contribution in [-0.4, -0.2) is 53.9 Å². The minimum atomic E-state index is -0.500. The predicted octanol–water partition coefficient (Wildman–Crippen LogP) is 5.03. The van der Waals surface area contributed by atoms with Crippen LogP contribution >= 0.6 is 0 Å². The van der Waals surface area contributed by atoms with Crippen LogP contribution in [0.3, 0.4) is 0 Å².